The molecule has 0 spiro atoms. The lowest BCUT2D eigenvalue weighted by Gasteiger charge is -2.24. The highest BCUT2D eigenvalue weighted by Crippen LogP contribution is 2.08. The summed E-state index contributed by atoms with van der Waals surface area (Å²) in [7, 11) is 0. The molecule has 0 heterocycles. The molecule has 4 heteroatoms. The van der Waals surface area contributed by atoms with E-state index in [0.29, 0.717) is 12.8 Å². The van der Waals surface area contributed by atoms with Gasteiger partial charge in [-0.1, -0.05) is 20.4 Å². The van der Waals surface area contributed by atoms with Crippen LogP contribution in [0.1, 0.15) is 26.7 Å². The van der Waals surface area contributed by atoms with Crippen molar-refractivity contribution < 1.29 is 15.0 Å². The van der Waals surface area contributed by atoms with Crippen LogP contribution in [-0.2, 0) is 4.79 Å². The van der Waals surface area contributed by atoms with Gasteiger partial charge in [-0.05, 0) is 25.9 Å². The number of rotatable bonds is 7. The summed E-state index contributed by atoms with van der Waals surface area (Å²) in [6.45, 7) is 8.84. The fraction of sp³-hybridized carbons (Fsp3) is 0.700. The van der Waals surface area contributed by atoms with E-state index in [9.17, 15) is 9.90 Å². The van der Waals surface area contributed by atoms with E-state index in [1.54, 1.807) is 0 Å². The molecule has 0 aliphatic heterocycles. The Morgan fingerprint density at radius 2 is 1.93 bits per heavy atom. The zero-order valence-electron chi connectivity index (χ0n) is 8.86. The Morgan fingerprint density at radius 3 is 2.29 bits per heavy atom. The second-order valence-electron chi connectivity index (χ2n) is 3.15. The smallest absolute Gasteiger partial charge is 0.330 e. The molecule has 0 aromatic carbocycles. The van der Waals surface area contributed by atoms with Crippen LogP contribution >= 0.6 is 0 Å². The molecular weight excluding hydrogens is 182 g/mol. The summed E-state index contributed by atoms with van der Waals surface area (Å²) in [6, 6.07) is 0. The van der Waals surface area contributed by atoms with Crippen LogP contribution in [0.5, 0.6) is 0 Å². The molecule has 0 saturated heterocycles. The lowest BCUT2D eigenvalue weighted by atomic mass is 10.1. The molecule has 0 rings (SSSR count). The molecule has 1 atom stereocenters. The minimum Gasteiger partial charge on any atom is -0.478 e. The second kappa shape index (κ2) is 6.56. The molecule has 0 saturated carbocycles. The molecule has 0 fully saturated rings. The number of carboxylic acid groups (broad SMARTS) is 1. The zero-order chi connectivity index (χ0) is 11.1. The molecule has 0 radical (unpaired) electrons. The van der Waals surface area contributed by atoms with Crippen molar-refractivity contribution in [2.24, 2.45) is 0 Å². The van der Waals surface area contributed by atoms with Crippen LogP contribution in [0.4, 0.5) is 0 Å². The molecule has 14 heavy (non-hydrogen) atoms. The third-order valence-corrected chi connectivity index (χ3v) is 2.24. The molecule has 0 aromatic rings. The van der Waals surface area contributed by atoms with Crippen LogP contribution in [0.2, 0.25) is 0 Å². The van der Waals surface area contributed by atoms with E-state index in [1.165, 1.54) is 0 Å². The highest BCUT2D eigenvalue weighted by molar-refractivity contribution is 5.85. The number of hydrogen-bond acceptors (Lipinski definition) is 3. The maximum atomic E-state index is 10.4. The average molecular weight is 201 g/mol. The Balaban J connectivity index is 3.88. The lowest BCUT2D eigenvalue weighted by Crippen LogP contribution is -2.34. The summed E-state index contributed by atoms with van der Waals surface area (Å²) in [4.78, 5) is 12.3. The molecule has 0 aromatic heterocycles. The molecule has 0 bridgehead atoms. The lowest BCUT2D eigenvalue weighted by molar-refractivity contribution is -0.132. The predicted molar refractivity (Wildman–Crippen MR) is 54.9 cm³/mol. The first-order chi connectivity index (χ1) is 6.52. The van der Waals surface area contributed by atoms with E-state index in [2.05, 4.69) is 6.58 Å². The Hall–Kier alpha value is -0.870. The minimum atomic E-state index is -0.989. The molecule has 0 aliphatic rings. The summed E-state index contributed by atoms with van der Waals surface area (Å²) in [6.07, 6.45) is 0.181. The Kier molecular flexibility index (Phi) is 6.16. The molecule has 1 unspecified atom stereocenters. The average Bonchev–Trinajstić information content (AvgIpc) is 2.15. The third-order valence-electron chi connectivity index (χ3n) is 2.24. The Morgan fingerprint density at radius 1 is 1.43 bits per heavy atom. The van der Waals surface area contributed by atoms with Gasteiger partial charge in [0.05, 0.1) is 0 Å². The zero-order valence-corrected chi connectivity index (χ0v) is 8.86. The summed E-state index contributed by atoms with van der Waals surface area (Å²) < 4.78 is 0. The van der Waals surface area contributed by atoms with E-state index < -0.39 is 12.2 Å². The monoisotopic (exact) mass is 201 g/mol. The maximum Gasteiger partial charge on any atom is 0.330 e. The number of aliphatic carboxylic acids is 1. The number of carbonyl (C=O) groups is 1. The second-order valence-corrected chi connectivity index (χ2v) is 3.15. The number of nitrogens with zero attached hydrogens (tertiary/aromatic N) is 1. The van der Waals surface area contributed by atoms with Gasteiger partial charge in [-0.15, -0.1) is 0 Å². The topological polar surface area (TPSA) is 60.8 Å². The first-order valence-corrected chi connectivity index (χ1v) is 4.86. The quantitative estimate of drug-likeness (QED) is 0.478. The van der Waals surface area contributed by atoms with E-state index in [1.807, 2.05) is 18.7 Å². The van der Waals surface area contributed by atoms with Crippen molar-refractivity contribution in [3.63, 3.8) is 0 Å². The molecule has 82 valence electrons. The van der Waals surface area contributed by atoms with Gasteiger partial charge >= 0.3 is 5.97 Å². The standard InChI is InChI=1S/C10H19NO3/c1-4-11(5-2)9(12)7-6-8(3)10(13)14/h9,12H,3-7H2,1-2H3,(H,13,14). The SMILES string of the molecule is C=C(CCC(O)N(CC)CC)C(=O)O. The van der Waals surface area contributed by atoms with Crippen LogP contribution in [-0.4, -0.2) is 40.4 Å². The minimum absolute atomic E-state index is 0.149. The van der Waals surface area contributed by atoms with Gasteiger partial charge in [-0.3, -0.25) is 4.90 Å². The van der Waals surface area contributed by atoms with Crippen molar-refractivity contribution >= 4 is 5.97 Å². The van der Waals surface area contributed by atoms with Gasteiger partial charge in [0.2, 0.25) is 0 Å². The van der Waals surface area contributed by atoms with Gasteiger partial charge in [0.15, 0.2) is 0 Å². The van der Waals surface area contributed by atoms with E-state index in [-0.39, 0.29) is 5.57 Å². The van der Waals surface area contributed by atoms with Crippen LogP contribution in [0.15, 0.2) is 12.2 Å². The summed E-state index contributed by atoms with van der Waals surface area (Å²) in [5, 5.41) is 18.2. The number of aliphatic hydroxyl groups excluding tert-OH is 1. The van der Waals surface area contributed by atoms with Crippen molar-refractivity contribution in [2.45, 2.75) is 32.9 Å². The molecular formula is C10H19NO3. The summed E-state index contributed by atoms with van der Waals surface area (Å²) in [5.74, 6) is -0.989. The van der Waals surface area contributed by atoms with Crippen LogP contribution in [0.25, 0.3) is 0 Å². The van der Waals surface area contributed by atoms with Gasteiger partial charge in [0.25, 0.3) is 0 Å². The molecule has 0 amide bonds. The Labute approximate surface area is 84.8 Å². The molecule has 4 nitrogen and oxygen atoms in total. The van der Waals surface area contributed by atoms with Crippen LogP contribution in [0, 0.1) is 0 Å². The Bertz CT molecular complexity index is 200. The first-order valence-electron chi connectivity index (χ1n) is 4.86. The van der Waals surface area contributed by atoms with Gasteiger partial charge in [-0.2, -0.15) is 0 Å². The van der Waals surface area contributed by atoms with Crippen LogP contribution < -0.4 is 0 Å². The fourth-order valence-electron chi connectivity index (χ4n) is 1.24. The van der Waals surface area contributed by atoms with Gasteiger partial charge in [-0.25, -0.2) is 4.79 Å². The van der Waals surface area contributed by atoms with Crippen molar-refractivity contribution in [1.82, 2.24) is 4.90 Å². The first kappa shape index (κ1) is 13.1. The van der Waals surface area contributed by atoms with Crippen LogP contribution in [0.3, 0.4) is 0 Å². The summed E-state index contributed by atoms with van der Waals surface area (Å²) >= 11 is 0. The summed E-state index contributed by atoms with van der Waals surface area (Å²) in [5.41, 5.74) is 0.149. The predicted octanol–water partition coefficient (Wildman–Crippen LogP) is 1.07. The number of hydrogen-bond donors (Lipinski definition) is 2. The van der Waals surface area contributed by atoms with Crippen molar-refractivity contribution in [3.8, 4) is 0 Å². The van der Waals surface area contributed by atoms with Gasteiger partial charge in [0, 0.05) is 5.57 Å². The van der Waals surface area contributed by atoms with Crippen molar-refractivity contribution in [2.75, 3.05) is 13.1 Å². The van der Waals surface area contributed by atoms with E-state index in [0.717, 1.165) is 13.1 Å². The van der Waals surface area contributed by atoms with Gasteiger partial charge in [0.1, 0.15) is 6.23 Å². The molecule has 0 aliphatic carbocycles. The normalized spacial score (nSPS) is 12.9. The van der Waals surface area contributed by atoms with Gasteiger partial charge < -0.3 is 10.2 Å². The van der Waals surface area contributed by atoms with Crippen molar-refractivity contribution in [1.29, 1.82) is 0 Å². The fourth-order valence-corrected chi connectivity index (χ4v) is 1.24. The van der Waals surface area contributed by atoms with Crippen molar-refractivity contribution in [3.05, 3.63) is 12.2 Å². The molecule has 2 N–H and O–H groups in total. The van der Waals surface area contributed by atoms with E-state index in [4.69, 9.17) is 5.11 Å². The highest BCUT2D eigenvalue weighted by Gasteiger charge is 2.13. The van der Waals surface area contributed by atoms with E-state index >= 15 is 0 Å². The highest BCUT2D eigenvalue weighted by atomic mass is 16.4. The number of aliphatic hydroxyl groups is 1. The maximum absolute atomic E-state index is 10.4. The largest absolute Gasteiger partial charge is 0.478 e. The number of carboxylic acids is 1. The third kappa shape index (κ3) is 4.39.